The van der Waals surface area contributed by atoms with Crippen LogP contribution in [0.1, 0.15) is 62.1 Å². The Morgan fingerprint density at radius 3 is 2.29 bits per heavy atom. The quantitative estimate of drug-likeness (QED) is 0.133. The van der Waals surface area contributed by atoms with Crippen LogP contribution in [0.3, 0.4) is 0 Å². The Kier molecular flexibility index (Phi) is 7.03. The van der Waals surface area contributed by atoms with E-state index >= 15 is 0 Å². The van der Waals surface area contributed by atoms with Gasteiger partial charge in [-0.15, -0.1) is 0 Å². The van der Waals surface area contributed by atoms with Gasteiger partial charge in [-0.1, -0.05) is 154 Å². The van der Waals surface area contributed by atoms with Crippen molar-refractivity contribution in [1.29, 1.82) is 0 Å². The zero-order chi connectivity index (χ0) is 34.3. The summed E-state index contributed by atoms with van der Waals surface area (Å²) in [6.45, 7) is 7.37. The molecular formula is C46H40N2OSSi. The molecule has 0 saturated heterocycles. The summed E-state index contributed by atoms with van der Waals surface area (Å²) < 4.78 is 8.91. The molecule has 1 aliphatic carbocycles. The molecule has 5 heteroatoms. The van der Waals surface area contributed by atoms with Crippen molar-refractivity contribution < 1.29 is 4.42 Å². The molecule has 0 radical (unpaired) electrons. The molecule has 0 N–H and O–H groups in total. The Balaban J connectivity index is 1.23. The zero-order valence-corrected chi connectivity index (χ0v) is 31.1. The highest BCUT2D eigenvalue weighted by Gasteiger charge is 2.42. The molecule has 2 aromatic heterocycles. The third-order valence-electron chi connectivity index (χ3n) is 12.0. The van der Waals surface area contributed by atoms with Gasteiger partial charge in [-0.05, 0) is 80.8 Å². The van der Waals surface area contributed by atoms with Crippen molar-refractivity contribution in [3.8, 4) is 11.1 Å². The van der Waals surface area contributed by atoms with E-state index in [2.05, 4.69) is 152 Å². The van der Waals surface area contributed by atoms with Crippen LogP contribution in [0.5, 0.6) is 0 Å². The van der Waals surface area contributed by atoms with Crippen molar-refractivity contribution in [2.45, 2.75) is 67.2 Å². The molecule has 0 amide bonds. The van der Waals surface area contributed by atoms with E-state index in [4.69, 9.17) is 9.40 Å². The number of rotatable bonds is 5. The lowest BCUT2D eigenvalue weighted by molar-refractivity contribution is 0.608. The second-order valence-electron chi connectivity index (χ2n) is 15.2. The first kappa shape index (κ1) is 30.9. The van der Waals surface area contributed by atoms with Crippen LogP contribution in [0.2, 0.25) is 6.55 Å². The Morgan fingerprint density at radius 1 is 0.706 bits per heavy atom. The Hall–Kier alpha value is -4.84. The fraction of sp³-hybridized carbons (Fsp3) is 0.196. The van der Waals surface area contributed by atoms with E-state index < -0.39 is 8.07 Å². The highest BCUT2D eigenvalue weighted by Crippen LogP contribution is 2.49. The Bertz CT molecular complexity index is 2630. The lowest BCUT2D eigenvalue weighted by atomic mass is 9.78. The van der Waals surface area contributed by atoms with Crippen LogP contribution < -0.4 is 15.6 Å². The average molecular weight is 697 g/mol. The van der Waals surface area contributed by atoms with E-state index in [0.717, 1.165) is 27.7 Å². The first-order valence-electron chi connectivity index (χ1n) is 18.3. The Morgan fingerprint density at radius 2 is 1.43 bits per heavy atom. The highest BCUT2D eigenvalue weighted by molar-refractivity contribution is 7.99. The van der Waals surface area contributed by atoms with Crippen LogP contribution in [-0.4, -0.2) is 17.5 Å². The van der Waals surface area contributed by atoms with Crippen molar-refractivity contribution in [3.63, 3.8) is 0 Å². The zero-order valence-electron chi connectivity index (χ0n) is 29.3. The van der Waals surface area contributed by atoms with Gasteiger partial charge in [0.05, 0.1) is 16.6 Å². The predicted octanol–water partition coefficient (Wildman–Crippen LogP) is 10.4. The van der Waals surface area contributed by atoms with E-state index in [-0.39, 0.29) is 5.41 Å². The predicted molar refractivity (Wildman–Crippen MR) is 215 cm³/mol. The minimum Gasteiger partial charge on any atom is -0.422 e. The molecule has 8 aromatic rings. The van der Waals surface area contributed by atoms with Crippen LogP contribution in [-0.2, 0) is 5.41 Å². The molecular weight excluding hydrogens is 657 g/mol. The topological polar surface area (TPSA) is 30.4 Å². The van der Waals surface area contributed by atoms with E-state index in [9.17, 15) is 0 Å². The SMILES string of the molecule is CC1(C)c2ccccc2Sc2c1cccc2[Si](C)(c1ccccc1)c1ccc(C2CCCC2)c(-c2cccc3c2oc2nc4ccccc4n23)c1. The summed E-state index contributed by atoms with van der Waals surface area (Å²) in [6, 6.07) is 50.0. The van der Waals surface area contributed by atoms with Crippen molar-refractivity contribution >= 4 is 63.4 Å². The summed E-state index contributed by atoms with van der Waals surface area (Å²) in [6.07, 6.45) is 5.05. The minimum absolute atomic E-state index is 0.0899. The molecule has 1 saturated carbocycles. The number of imidazole rings is 1. The van der Waals surface area contributed by atoms with Crippen molar-refractivity contribution in [2.24, 2.45) is 0 Å². The van der Waals surface area contributed by atoms with Gasteiger partial charge in [-0.2, -0.15) is 4.98 Å². The first-order chi connectivity index (χ1) is 24.9. The summed E-state index contributed by atoms with van der Waals surface area (Å²) in [5.74, 6) is 1.20. The third kappa shape index (κ3) is 4.60. The van der Waals surface area contributed by atoms with Gasteiger partial charge in [0.25, 0.3) is 0 Å². The van der Waals surface area contributed by atoms with Crippen LogP contribution in [0, 0.1) is 0 Å². The van der Waals surface area contributed by atoms with Crippen LogP contribution in [0.25, 0.3) is 39.1 Å². The summed E-state index contributed by atoms with van der Waals surface area (Å²) in [4.78, 5) is 7.69. The number of benzene rings is 6. The van der Waals surface area contributed by atoms with Crippen molar-refractivity contribution in [2.75, 3.05) is 0 Å². The fourth-order valence-corrected chi connectivity index (χ4v) is 15.1. The van der Waals surface area contributed by atoms with Crippen molar-refractivity contribution in [3.05, 3.63) is 150 Å². The van der Waals surface area contributed by atoms with Gasteiger partial charge >= 0.3 is 5.84 Å². The molecule has 1 atom stereocenters. The number of oxazole rings is 1. The molecule has 0 spiro atoms. The maximum Gasteiger partial charge on any atom is 0.307 e. The van der Waals surface area contributed by atoms with Crippen molar-refractivity contribution in [1.82, 2.24) is 9.38 Å². The molecule has 0 bridgehead atoms. The molecule has 2 aliphatic rings. The number of para-hydroxylation sites is 3. The van der Waals surface area contributed by atoms with Gasteiger partial charge < -0.3 is 4.42 Å². The van der Waals surface area contributed by atoms with Gasteiger partial charge in [0.15, 0.2) is 5.58 Å². The second kappa shape index (κ2) is 11.6. The number of aromatic nitrogens is 2. The van der Waals surface area contributed by atoms with E-state index in [1.807, 2.05) is 17.8 Å². The first-order valence-corrected chi connectivity index (χ1v) is 21.6. The summed E-state index contributed by atoms with van der Waals surface area (Å²) in [7, 11) is -2.56. The molecule has 1 fully saturated rings. The lowest BCUT2D eigenvalue weighted by Gasteiger charge is -2.39. The van der Waals surface area contributed by atoms with Gasteiger partial charge in [0.2, 0.25) is 0 Å². The second-order valence-corrected chi connectivity index (χ2v) is 20.1. The summed E-state index contributed by atoms with van der Waals surface area (Å²) in [5.41, 5.74) is 10.7. The maximum absolute atomic E-state index is 6.73. The molecule has 3 nitrogen and oxygen atoms in total. The highest BCUT2D eigenvalue weighted by atomic mass is 32.2. The van der Waals surface area contributed by atoms with Gasteiger partial charge in [-0.3, -0.25) is 4.40 Å². The maximum atomic E-state index is 6.73. The average Bonchev–Trinajstić information content (AvgIpc) is 3.91. The Labute approximate surface area is 304 Å². The molecule has 3 heterocycles. The molecule has 51 heavy (non-hydrogen) atoms. The summed E-state index contributed by atoms with van der Waals surface area (Å²) >= 11 is 1.97. The van der Waals surface area contributed by atoms with E-state index in [1.165, 1.54) is 73.3 Å². The summed E-state index contributed by atoms with van der Waals surface area (Å²) in [5, 5.41) is 4.34. The van der Waals surface area contributed by atoms with Gasteiger partial charge in [0.1, 0.15) is 8.07 Å². The number of hydrogen-bond donors (Lipinski definition) is 0. The van der Waals surface area contributed by atoms with Gasteiger partial charge in [0, 0.05) is 20.8 Å². The minimum atomic E-state index is -2.56. The van der Waals surface area contributed by atoms with Gasteiger partial charge in [-0.25, -0.2) is 0 Å². The number of hydrogen-bond acceptors (Lipinski definition) is 3. The normalized spacial score (nSPS) is 16.8. The number of nitrogens with zero attached hydrogens (tertiary/aromatic N) is 2. The largest absolute Gasteiger partial charge is 0.422 e. The smallest absolute Gasteiger partial charge is 0.307 e. The number of fused-ring (bicyclic) bond motifs is 7. The van der Waals surface area contributed by atoms with Crippen LogP contribution >= 0.6 is 11.8 Å². The monoisotopic (exact) mass is 696 g/mol. The fourth-order valence-electron chi connectivity index (χ4n) is 9.22. The van der Waals surface area contributed by atoms with Crippen LogP contribution in [0.4, 0.5) is 0 Å². The van der Waals surface area contributed by atoms with Crippen LogP contribution in [0.15, 0.2) is 148 Å². The van der Waals surface area contributed by atoms with E-state index in [0.29, 0.717) is 11.8 Å². The molecule has 1 unspecified atom stereocenters. The van der Waals surface area contributed by atoms with E-state index in [1.54, 1.807) is 0 Å². The molecule has 250 valence electrons. The molecule has 10 rings (SSSR count). The lowest BCUT2D eigenvalue weighted by Crippen LogP contribution is -2.65. The third-order valence-corrected chi connectivity index (χ3v) is 17.9. The molecule has 6 aromatic carbocycles. The standard InChI is InChI=1S/C46H40N2OSSi/c1-46(2)36-20-9-12-25-41(36)50-44-37(46)21-14-26-42(44)51(3,31-17-5-4-6-18-31)32-27-28-33(30-15-7-8-16-30)35(29-32)34-19-13-24-40-43(34)49-45-47-38-22-10-11-23-39(38)48(40)45/h4-6,9-14,17-30H,7-8,15-16H2,1-3H3. The molecule has 1 aliphatic heterocycles.